The van der Waals surface area contributed by atoms with Crippen LogP contribution in [0.1, 0.15) is 10.4 Å². The second-order valence-corrected chi connectivity index (χ2v) is 6.33. The van der Waals surface area contributed by atoms with Gasteiger partial charge in [0.1, 0.15) is 10.0 Å². The third-order valence-corrected chi connectivity index (χ3v) is 5.15. The fourth-order valence-electron chi connectivity index (χ4n) is 1.50. The van der Waals surface area contributed by atoms with Crippen LogP contribution in [0.3, 0.4) is 0 Å². The number of hydrogen-bond acceptors (Lipinski definition) is 2. The van der Waals surface area contributed by atoms with Gasteiger partial charge in [0.05, 0.1) is 25.7 Å². The zero-order valence-electron chi connectivity index (χ0n) is 10.5. The van der Waals surface area contributed by atoms with Crippen LogP contribution in [-0.4, -0.2) is 5.97 Å². The monoisotopic (exact) mass is 438 g/mol. The van der Waals surface area contributed by atoms with E-state index >= 15 is 0 Å². The summed E-state index contributed by atoms with van der Waals surface area (Å²) in [5.41, 5.74) is -0.445. The number of halogens is 8. The Labute approximate surface area is 158 Å². The number of hydrogen-bond donors (Lipinski definition) is 0. The van der Waals surface area contributed by atoms with Gasteiger partial charge in [0, 0.05) is 0 Å². The summed E-state index contributed by atoms with van der Waals surface area (Å²) in [6.07, 6.45) is 0. The van der Waals surface area contributed by atoms with Crippen LogP contribution >= 0.6 is 69.6 Å². The van der Waals surface area contributed by atoms with Crippen LogP contribution in [0, 0.1) is 11.6 Å². The van der Waals surface area contributed by atoms with E-state index in [0.717, 1.165) is 0 Å². The first-order valence-corrected chi connectivity index (χ1v) is 7.80. The van der Waals surface area contributed by atoms with Gasteiger partial charge in [-0.3, -0.25) is 0 Å². The molecule has 0 aliphatic heterocycles. The second-order valence-electron chi connectivity index (χ2n) is 4.03. The molecule has 0 radical (unpaired) electrons. The topological polar surface area (TPSA) is 26.3 Å². The van der Waals surface area contributed by atoms with Crippen LogP contribution in [0.5, 0.6) is 5.75 Å². The van der Waals surface area contributed by atoms with Crippen LogP contribution in [0.4, 0.5) is 8.78 Å². The number of benzene rings is 2. The Balaban J connectivity index is 2.48. The molecule has 0 aliphatic rings. The smallest absolute Gasteiger partial charge is 0.345 e. The van der Waals surface area contributed by atoms with Crippen LogP contribution in [0.15, 0.2) is 12.1 Å². The van der Waals surface area contributed by atoms with Gasteiger partial charge in [-0.1, -0.05) is 69.6 Å². The van der Waals surface area contributed by atoms with Crippen molar-refractivity contribution < 1.29 is 18.3 Å². The van der Waals surface area contributed by atoms with Crippen molar-refractivity contribution in [3.05, 3.63) is 59.5 Å². The molecule has 0 N–H and O–H groups in total. The largest absolute Gasteiger partial charge is 0.420 e. The lowest BCUT2D eigenvalue weighted by Gasteiger charge is -2.13. The minimum atomic E-state index is -1.29. The predicted molar refractivity (Wildman–Crippen MR) is 87.8 cm³/mol. The number of esters is 1. The lowest BCUT2D eigenvalue weighted by Crippen LogP contribution is -2.11. The number of rotatable bonds is 2. The maximum Gasteiger partial charge on any atom is 0.345 e. The molecule has 0 atom stereocenters. The lowest BCUT2D eigenvalue weighted by molar-refractivity contribution is 0.0734. The van der Waals surface area contributed by atoms with Gasteiger partial charge in [0.25, 0.3) is 0 Å². The van der Waals surface area contributed by atoms with E-state index in [9.17, 15) is 13.6 Å². The summed E-state index contributed by atoms with van der Waals surface area (Å²) in [7, 11) is 0. The molecule has 2 nitrogen and oxygen atoms in total. The molecule has 2 aromatic rings. The molecule has 23 heavy (non-hydrogen) atoms. The molecule has 2 aromatic carbocycles. The van der Waals surface area contributed by atoms with Crippen molar-refractivity contribution in [3.63, 3.8) is 0 Å². The van der Waals surface area contributed by atoms with Crippen LogP contribution in [-0.2, 0) is 0 Å². The molecule has 0 bridgehead atoms. The van der Waals surface area contributed by atoms with Crippen LogP contribution in [0.25, 0.3) is 0 Å². The zero-order chi connectivity index (χ0) is 17.5. The van der Waals surface area contributed by atoms with Crippen molar-refractivity contribution in [3.8, 4) is 5.75 Å². The van der Waals surface area contributed by atoms with E-state index < -0.39 is 28.9 Å². The third kappa shape index (κ3) is 3.63. The van der Waals surface area contributed by atoms with E-state index in [-0.39, 0.29) is 30.1 Å². The van der Waals surface area contributed by atoms with E-state index in [4.69, 9.17) is 74.3 Å². The first-order valence-electron chi connectivity index (χ1n) is 5.53. The Bertz CT molecular complexity index is 796. The van der Waals surface area contributed by atoms with Gasteiger partial charge in [-0.15, -0.1) is 0 Å². The summed E-state index contributed by atoms with van der Waals surface area (Å²) in [6.45, 7) is 0. The minimum Gasteiger partial charge on any atom is -0.420 e. The maximum absolute atomic E-state index is 13.2. The zero-order valence-corrected chi connectivity index (χ0v) is 15.0. The Morgan fingerprint density at radius 3 is 1.74 bits per heavy atom. The second kappa shape index (κ2) is 7.18. The molecule has 0 aliphatic carbocycles. The lowest BCUT2D eigenvalue weighted by atomic mass is 10.2. The Kier molecular flexibility index (Phi) is 5.88. The highest BCUT2D eigenvalue weighted by Crippen LogP contribution is 2.48. The van der Waals surface area contributed by atoms with Gasteiger partial charge in [0.15, 0.2) is 17.4 Å². The Hall–Kier alpha value is -0.490. The highest BCUT2D eigenvalue weighted by Gasteiger charge is 2.24. The highest BCUT2D eigenvalue weighted by molar-refractivity contribution is 6.55. The van der Waals surface area contributed by atoms with Gasteiger partial charge in [0.2, 0.25) is 0 Å². The van der Waals surface area contributed by atoms with Crippen LogP contribution in [0.2, 0.25) is 30.1 Å². The molecule has 0 fully saturated rings. The summed E-state index contributed by atoms with van der Waals surface area (Å²) in [5, 5.41) is -1.44. The van der Waals surface area contributed by atoms with Crippen molar-refractivity contribution in [2.45, 2.75) is 0 Å². The molecule has 122 valence electrons. The fourth-order valence-corrected chi connectivity index (χ4v) is 2.93. The Morgan fingerprint density at radius 2 is 1.22 bits per heavy atom. The van der Waals surface area contributed by atoms with E-state index in [1.165, 1.54) is 0 Å². The summed E-state index contributed by atoms with van der Waals surface area (Å²) < 4.78 is 31.2. The van der Waals surface area contributed by atoms with E-state index in [1.807, 2.05) is 0 Å². The molecule has 10 heteroatoms. The fraction of sp³-hybridized carbons (Fsp3) is 0. The predicted octanol–water partition coefficient (Wildman–Crippen LogP) is 7.10. The third-order valence-electron chi connectivity index (χ3n) is 2.59. The molecule has 0 amide bonds. The maximum atomic E-state index is 13.2. The summed E-state index contributed by atoms with van der Waals surface area (Å²) in [4.78, 5) is 12.1. The molecule has 0 saturated carbocycles. The summed E-state index contributed by atoms with van der Waals surface area (Å²) >= 11 is 34.9. The SMILES string of the molecule is O=C(Oc1c(Cl)c(Cl)c(Cl)c(Cl)c1Cl)c1cc(F)c(F)cc1Cl. The first kappa shape index (κ1) is 18.8. The van der Waals surface area contributed by atoms with Gasteiger partial charge >= 0.3 is 5.97 Å². The first-order chi connectivity index (χ1) is 10.6. The quantitative estimate of drug-likeness (QED) is 0.215. The molecule has 0 saturated heterocycles. The van der Waals surface area contributed by atoms with Crippen molar-refractivity contribution in [2.24, 2.45) is 0 Å². The van der Waals surface area contributed by atoms with E-state index in [1.54, 1.807) is 0 Å². The van der Waals surface area contributed by atoms with Crippen LogP contribution < -0.4 is 4.74 Å². The molecule has 0 aromatic heterocycles. The number of ether oxygens (including phenoxy) is 1. The average Bonchev–Trinajstić information content (AvgIpc) is 2.51. The van der Waals surface area contributed by atoms with Crippen molar-refractivity contribution in [1.82, 2.24) is 0 Å². The molecule has 0 unspecified atom stereocenters. The Morgan fingerprint density at radius 1 is 0.783 bits per heavy atom. The van der Waals surface area contributed by atoms with Gasteiger partial charge in [-0.2, -0.15) is 0 Å². The molecule has 0 heterocycles. The van der Waals surface area contributed by atoms with E-state index in [2.05, 4.69) is 0 Å². The molecular weight excluding hydrogens is 439 g/mol. The van der Waals surface area contributed by atoms with Gasteiger partial charge in [-0.05, 0) is 12.1 Å². The van der Waals surface area contributed by atoms with Gasteiger partial charge in [-0.25, -0.2) is 13.6 Å². The minimum absolute atomic E-state index is 0.131. The number of carbonyl (C=O) groups excluding carboxylic acids is 1. The van der Waals surface area contributed by atoms with Crippen molar-refractivity contribution >= 4 is 75.6 Å². The molecule has 0 spiro atoms. The molecule has 2 rings (SSSR count). The summed E-state index contributed by atoms with van der Waals surface area (Å²) in [5.74, 6) is -4.04. The van der Waals surface area contributed by atoms with Crippen molar-refractivity contribution in [1.29, 1.82) is 0 Å². The number of carbonyl (C=O) groups is 1. The molecular formula is C13H2Cl6F2O2. The highest BCUT2D eigenvalue weighted by atomic mass is 35.5. The standard InChI is InChI=1S/C13H2Cl6F2O2/c14-4-2-6(21)5(20)1-3(4)13(22)23-12-10(18)8(16)7(15)9(17)11(12)19/h1-2H. The summed E-state index contributed by atoms with van der Waals surface area (Å²) in [6, 6.07) is 1.19. The normalized spacial score (nSPS) is 10.8. The van der Waals surface area contributed by atoms with Crippen molar-refractivity contribution in [2.75, 3.05) is 0 Å². The van der Waals surface area contributed by atoms with E-state index in [0.29, 0.717) is 12.1 Å². The van der Waals surface area contributed by atoms with Gasteiger partial charge < -0.3 is 4.74 Å². The average molecular weight is 441 g/mol.